The number of nitrogens with one attached hydrogen (secondary N) is 2. The molecule has 0 unspecified atom stereocenters. The van der Waals surface area contributed by atoms with Crippen molar-refractivity contribution in [3.8, 4) is 0 Å². The number of hydrogen-bond acceptors (Lipinski definition) is 3. The molecule has 19 heavy (non-hydrogen) atoms. The number of rotatable bonds is 4. The first-order valence-electron chi connectivity index (χ1n) is 5.72. The first-order valence-corrected chi connectivity index (χ1v) is 5.72. The summed E-state index contributed by atoms with van der Waals surface area (Å²) < 4.78 is 0. The molecule has 5 nitrogen and oxygen atoms in total. The van der Waals surface area contributed by atoms with E-state index in [1.54, 1.807) is 6.92 Å². The molecule has 2 N–H and O–H groups in total. The van der Waals surface area contributed by atoms with Gasteiger partial charge in [0.2, 0.25) is 5.91 Å². The van der Waals surface area contributed by atoms with Crippen LogP contribution in [0.5, 0.6) is 0 Å². The van der Waals surface area contributed by atoms with Gasteiger partial charge in [-0.3, -0.25) is 4.79 Å². The number of amides is 1. The molecule has 1 radical (unpaired) electrons. The summed E-state index contributed by atoms with van der Waals surface area (Å²) in [6.45, 7) is 10.8. The van der Waals surface area contributed by atoms with Crippen molar-refractivity contribution in [2.75, 3.05) is 27.7 Å². The fraction of sp³-hybridized carbons (Fsp3) is 0.538. The van der Waals surface area contributed by atoms with Gasteiger partial charge < -0.3 is 20.1 Å². The number of carboxylic acid groups (broad SMARTS) is 1. The zero-order valence-corrected chi connectivity index (χ0v) is 15.1. The molecule has 0 aromatic rings. The smallest absolute Gasteiger partial charge is 0.246 e. The first kappa shape index (κ1) is 26.8. The van der Waals surface area contributed by atoms with E-state index in [1.165, 1.54) is 4.90 Å². The minimum atomic E-state index is -1.23. The van der Waals surface area contributed by atoms with Crippen molar-refractivity contribution >= 4 is 41.4 Å². The van der Waals surface area contributed by atoms with Crippen molar-refractivity contribution in [2.24, 2.45) is 0 Å². The molecule has 0 spiro atoms. The number of hydrogen-bond donors (Lipinski definition) is 2. The minimum Gasteiger partial charge on any atom is -0.545 e. The normalized spacial score (nSPS) is 7.68. The second-order valence-corrected chi connectivity index (χ2v) is 4.06. The number of carboxylic acids is 1. The van der Waals surface area contributed by atoms with Gasteiger partial charge in [-0.15, -0.1) is 0 Å². The Morgan fingerprint density at radius 2 is 1.63 bits per heavy atom. The van der Waals surface area contributed by atoms with Gasteiger partial charge in [-0.05, 0) is 19.4 Å². The second kappa shape index (κ2) is 19.7. The van der Waals surface area contributed by atoms with Gasteiger partial charge in [0.1, 0.15) is 0 Å². The average Bonchev–Trinajstić information content (AvgIpc) is 2.25. The van der Waals surface area contributed by atoms with Crippen LogP contribution < -0.4 is 15.3 Å². The van der Waals surface area contributed by atoms with Gasteiger partial charge in [0, 0.05) is 41.7 Å². The van der Waals surface area contributed by atoms with Crippen LogP contribution in [-0.4, -0.2) is 69.1 Å². The van der Waals surface area contributed by atoms with Crippen molar-refractivity contribution in [3.63, 3.8) is 0 Å². The minimum absolute atomic E-state index is 0. The van der Waals surface area contributed by atoms with E-state index in [0.717, 1.165) is 19.0 Å². The Labute approximate surface area is 139 Å². The quantitative estimate of drug-likeness (QED) is 0.481. The topological polar surface area (TPSA) is 73.7 Å². The van der Waals surface area contributed by atoms with Crippen LogP contribution >= 0.6 is 0 Å². The molecule has 0 aliphatic heterocycles. The molecule has 0 rings (SSSR count). The maximum absolute atomic E-state index is 10.7. The monoisotopic (exact) mass is 281 g/mol. The third-order valence-electron chi connectivity index (χ3n) is 1.09. The fourth-order valence-corrected chi connectivity index (χ4v) is 0.389. The van der Waals surface area contributed by atoms with E-state index in [4.69, 9.17) is 9.90 Å². The van der Waals surface area contributed by atoms with Crippen molar-refractivity contribution in [3.05, 3.63) is 24.8 Å². The van der Waals surface area contributed by atoms with Crippen LogP contribution in [0.3, 0.4) is 0 Å². The van der Waals surface area contributed by atoms with E-state index in [2.05, 4.69) is 39.6 Å². The van der Waals surface area contributed by atoms with Crippen LogP contribution in [0.4, 0.5) is 0 Å². The Bertz CT molecular complexity index is 264. The molecule has 0 aliphatic carbocycles. The summed E-state index contributed by atoms with van der Waals surface area (Å²) in [6, 6.07) is 0. The number of carbonyl (C=O) groups is 2. The van der Waals surface area contributed by atoms with Crippen molar-refractivity contribution in [1.29, 1.82) is 0 Å². The molecule has 0 aromatic heterocycles. The van der Waals surface area contributed by atoms with Crippen molar-refractivity contribution in [2.45, 2.75) is 20.3 Å². The second-order valence-electron chi connectivity index (χ2n) is 4.06. The molecule has 1 amide bonds. The summed E-state index contributed by atoms with van der Waals surface area (Å²) in [4.78, 5) is 21.2. The fourth-order valence-electron chi connectivity index (χ4n) is 0.389. The van der Waals surface area contributed by atoms with E-state index in [9.17, 15) is 4.79 Å². The molecule has 0 saturated heterocycles. The average molecular weight is 281 g/mol. The third-order valence-corrected chi connectivity index (χ3v) is 1.09. The predicted molar refractivity (Wildman–Crippen MR) is 77.8 cm³/mol. The molecule has 0 saturated carbocycles. The summed E-state index contributed by atoms with van der Waals surface area (Å²) in [6.07, 6.45) is 1.69. The maximum Gasteiger partial charge on any atom is 0.246 e. The standard InChI is InChI=1S/C7H13NO.C3H9N.C3H4O2.Na/c1-4-5-8-7(9)6(2)3;1-4(2)3;1-2-3(4)5;/h2,4-5H2,1,3H3,(H,8,9);1-3H3;2H,1H2,(H,4,5);. The van der Waals surface area contributed by atoms with Crippen LogP contribution in [0.15, 0.2) is 24.8 Å². The zero-order chi connectivity index (χ0) is 15.1. The summed E-state index contributed by atoms with van der Waals surface area (Å²) in [5.74, 6) is -1.28. The molecular formula is C13H26N2NaO3. The largest absolute Gasteiger partial charge is 0.545 e. The van der Waals surface area contributed by atoms with Gasteiger partial charge in [-0.1, -0.05) is 20.1 Å². The number of carbonyl (C=O) groups excluding carboxylic acids is 2. The first-order chi connectivity index (χ1) is 8.18. The predicted octanol–water partition coefficient (Wildman–Crippen LogP) is -1.61. The van der Waals surface area contributed by atoms with Gasteiger partial charge in [0.05, 0.1) is 27.1 Å². The Balaban J connectivity index is -0.0000000964. The maximum atomic E-state index is 10.7. The SMILES string of the molecule is C=C(C)C(=O)NCCC.C=CC(=O)[O-].C[NH+](C)C.[Na]. The molecule has 0 heterocycles. The summed E-state index contributed by atoms with van der Waals surface area (Å²) >= 11 is 0. The van der Waals surface area contributed by atoms with E-state index >= 15 is 0 Å². The molecule has 0 bridgehead atoms. The van der Waals surface area contributed by atoms with E-state index in [1.807, 2.05) is 6.92 Å². The Morgan fingerprint density at radius 1 is 1.32 bits per heavy atom. The van der Waals surface area contributed by atoms with Gasteiger partial charge in [-0.2, -0.15) is 0 Å². The number of aliphatic carboxylic acids is 1. The molecule has 0 aliphatic rings. The summed E-state index contributed by atoms with van der Waals surface area (Å²) in [7, 11) is 6.25. The molecule has 107 valence electrons. The molecule has 6 heteroatoms. The van der Waals surface area contributed by atoms with Gasteiger partial charge >= 0.3 is 0 Å². The number of quaternary nitrogens is 1. The Kier molecular flexibility index (Phi) is 27.9. The Morgan fingerprint density at radius 3 is 1.79 bits per heavy atom. The van der Waals surface area contributed by atoms with Crippen molar-refractivity contribution < 1.29 is 19.6 Å². The van der Waals surface area contributed by atoms with E-state index in [-0.39, 0.29) is 35.5 Å². The van der Waals surface area contributed by atoms with Crippen LogP contribution in [-0.2, 0) is 9.59 Å². The third kappa shape index (κ3) is 46.7. The Hall–Kier alpha value is -0.620. The van der Waals surface area contributed by atoms with Crippen LogP contribution in [0, 0.1) is 0 Å². The zero-order valence-electron chi connectivity index (χ0n) is 13.1. The van der Waals surface area contributed by atoms with E-state index in [0.29, 0.717) is 5.57 Å². The van der Waals surface area contributed by atoms with Crippen LogP contribution in [0.25, 0.3) is 0 Å². The molecular weight excluding hydrogens is 255 g/mol. The van der Waals surface area contributed by atoms with Gasteiger partial charge in [0.25, 0.3) is 0 Å². The molecule has 0 atom stereocenters. The molecule has 0 aromatic carbocycles. The van der Waals surface area contributed by atoms with Crippen LogP contribution in [0.2, 0.25) is 0 Å². The molecule has 0 fully saturated rings. The summed E-state index contributed by atoms with van der Waals surface area (Å²) in [5, 5.41) is 11.8. The van der Waals surface area contributed by atoms with Crippen molar-refractivity contribution in [1.82, 2.24) is 5.32 Å². The van der Waals surface area contributed by atoms with Crippen LogP contribution in [0.1, 0.15) is 20.3 Å². The van der Waals surface area contributed by atoms with Gasteiger partial charge in [0.15, 0.2) is 0 Å². The summed E-state index contributed by atoms with van der Waals surface area (Å²) in [5.41, 5.74) is 0.573. The van der Waals surface area contributed by atoms with E-state index < -0.39 is 5.97 Å². The van der Waals surface area contributed by atoms with Gasteiger partial charge in [-0.25, -0.2) is 0 Å².